The average Bonchev–Trinajstić information content (AvgIpc) is 3.11. The van der Waals surface area contributed by atoms with E-state index >= 15 is 0 Å². The Morgan fingerprint density at radius 3 is 2.34 bits per heavy atom. The molecule has 9 nitrogen and oxygen atoms in total. The monoisotopic (exact) mass is 440 g/mol. The molecule has 0 bridgehead atoms. The highest BCUT2D eigenvalue weighted by atomic mass is 32.3. The number of ether oxygens (including phenoxy) is 1. The minimum Gasteiger partial charge on any atom is -0.444 e. The molecule has 2 aromatic rings. The molecule has 29 heavy (non-hydrogen) atoms. The van der Waals surface area contributed by atoms with Gasteiger partial charge >= 0.3 is 6.09 Å². The molecule has 0 saturated heterocycles. The second-order valence-corrected chi connectivity index (χ2v) is 11.7. The lowest BCUT2D eigenvalue weighted by molar-refractivity contribution is 0.0239. The Morgan fingerprint density at radius 1 is 1.17 bits per heavy atom. The van der Waals surface area contributed by atoms with Gasteiger partial charge in [0.05, 0.1) is 23.7 Å². The van der Waals surface area contributed by atoms with Crippen molar-refractivity contribution in [1.82, 2.24) is 18.2 Å². The van der Waals surface area contributed by atoms with Crippen LogP contribution in [0.1, 0.15) is 37.6 Å². The van der Waals surface area contributed by atoms with Crippen LogP contribution in [0.4, 0.5) is 4.79 Å². The van der Waals surface area contributed by atoms with Crippen molar-refractivity contribution in [3.63, 3.8) is 0 Å². The highest BCUT2D eigenvalue weighted by molar-refractivity contribution is 8.08. The van der Waals surface area contributed by atoms with Gasteiger partial charge in [0.2, 0.25) is 0 Å². The van der Waals surface area contributed by atoms with Gasteiger partial charge in [0.25, 0.3) is 10.0 Å². The summed E-state index contributed by atoms with van der Waals surface area (Å²) in [6.07, 6.45) is 0.963. The van der Waals surface area contributed by atoms with E-state index in [0.717, 1.165) is 9.65 Å². The molecular weight excluding hydrogens is 416 g/mol. The number of nitrogens with one attached hydrogen (secondary N) is 1. The summed E-state index contributed by atoms with van der Waals surface area (Å²) in [4.78, 5) is 13.6. The number of aryl methyl sites for hydroxylation is 1. The number of rotatable bonds is 4. The molecule has 1 unspecified atom stereocenters. The lowest BCUT2D eigenvalue weighted by Gasteiger charge is -2.24. The fourth-order valence-electron chi connectivity index (χ4n) is 2.71. The predicted octanol–water partition coefficient (Wildman–Crippen LogP) is 1.82. The Labute approximate surface area is 171 Å². The molecule has 3 rings (SSSR count). The van der Waals surface area contributed by atoms with E-state index in [2.05, 4.69) is 15.1 Å². The van der Waals surface area contributed by atoms with Crippen molar-refractivity contribution in [3.8, 4) is 0 Å². The molecule has 1 amide bonds. The largest absolute Gasteiger partial charge is 0.444 e. The molecule has 1 aliphatic rings. The maximum absolute atomic E-state index is 12.9. The van der Waals surface area contributed by atoms with E-state index in [0.29, 0.717) is 11.3 Å². The van der Waals surface area contributed by atoms with Gasteiger partial charge in [-0.15, -0.1) is 4.13 Å². The van der Waals surface area contributed by atoms with Gasteiger partial charge in [0, 0.05) is 11.8 Å². The van der Waals surface area contributed by atoms with E-state index in [1.165, 1.54) is 23.2 Å². The summed E-state index contributed by atoms with van der Waals surface area (Å²) in [6.45, 7) is 7.57. The van der Waals surface area contributed by atoms with Gasteiger partial charge in [0.1, 0.15) is 15.5 Å². The van der Waals surface area contributed by atoms with E-state index in [1.807, 2.05) is 6.92 Å². The minimum atomic E-state index is -4.05. The number of nitrogens with zero attached hydrogens (tertiary/aromatic N) is 3. The standard InChI is InChI=1S/C18H24N4O5S2/c1-13-6-8-15(9-7-13)29(25,26)20-28(5,24)22-11-14-10-21(12-16(14)19-22)17(23)27-18(2,3)4/h6-9,11H,5,10,12H2,1-4H3,(H,20,24). The zero-order valence-electron chi connectivity index (χ0n) is 16.7. The van der Waals surface area contributed by atoms with Crippen LogP contribution < -0.4 is 4.13 Å². The van der Waals surface area contributed by atoms with Crippen molar-refractivity contribution in [2.24, 2.45) is 0 Å². The number of aromatic nitrogens is 2. The number of fused-ring (bicyclic) bond motifs is 1. The molecule has 1 aromatic carbocycles. The number of hydrogen-bond acceptors (Lipinski definition) is 6. The number of carbonyl (C=O) groups is 1. The number of sulfonamides is 1. The van der Waals surface area contributed by atoms with Crippen LogP contribution >= 0.6 is 0 Å². The Balaban J connectivity index is 1.76. The number of amides is 1. The number of hydrogen-bond donors (Lipinski definition) is 1. The minimum absolute atomic E-state index is 0.0183. The summed E-state index contributed by atoms with van der Waals surface area (Å²) in [6, 6.07) is 6.14. The van der Waals surface area contributed by atoms with E-state index < -0.39 is 31.6 Å². The average molecular weight is 441 g/mol. The quantitative estimate of drug-likeness (QED) is 0.726. The highest BCUT2D eigenvalue weighted by Gasteiger charge is 2.31. The topological polar surface area (TPSA) is 111 Å². The van der Waals surface area contributed by atoms with Gasteiger partial charge in [-0.2, -0.15) is 9.19 Å². The van der Waals surface area contributed by atoms with E-state index in [1.54, 1.807) is 32.9 Å². The van der Waals surface area contributed by atoms with Crippen LogP contribution in [0.2, 0.25) is 0 Å². The molecule has 1 aliphatic heterocycles. The first-order valence-corrected chi connectivity index (χ1v) is 12.0. The zero-order valence-corrected chi connectivity index (χ0v) is 18.3. The zero-order chi connectivity index (χ0) is 21.6. The molecule has 0 radical (unpaired) electrons. The molecule has 1 atom stereocenters. The molecular formula is C18H24N4O5S2. The second kappa shape index (κ2) is 7.15. The van der Waals surface area contributed by atoms with Crippen LogP contribution in [-0.4, -0.2) is 44.3 Å². The smallest absolute Gasteiger partial charge is 0.410 e. The second-order valence-electron chi connectivity index (χ2n) is 7.88. The normalized spacial score (nSPS) is 16.3. The lowest BCUT2D eigenvalue weighted by atomic mass is 10.2. The SMILES string of the molecule is C=S(=O)(NS(=O)(=O)c1ccc(C)cc1)n1cc2c(n1)CN(C(=O)OC(C)(C)C)C2. The van der Waals surface area contributed by atoms with Crippen molar-refractivity contribution in [2.75, 3.05) is 0 Å². The first kappa shape index (κ1) is 21.3. The van der Waals surface area contributed by atoms with Gasteiger partial charge in [0.15, 0.2) is 0 Å². The van der Waals surface area contributed by atoms with Crippen LogP contribution in [0.15, 0.2) is 35.4 Å². The Morgan fingerprint density at radius 2 is 1.79 bits per heavy atom. The molecule has 0 fully saturated rings. The summed E-state index contributed by atoms with van der Waals surface area (Å²) < 4.78 is 46.5. The first-order valence-electron chi connectivity index (χ1n) is 8.80. The Hall–Kier alpha value is -2.37. The van der Waals surface area contributed by atoms with Gasteiger partial charge in [-0.25, -0.2) is 17.4 Å². The molecule has 0 spiro atoms. The lowest BCUT2D eigenvalue weighted by Crippen LogP contribution is -2.36. The van der Waals surface area contributed by atoms with E-state index in [4.69, 9.17) is 4.74 Å². The summed E-state index contributed by atoms with van der Waals surface area (Å²) in [7, 11) is -7.54. The molecule has 1 N–H and O–H groups in total. The van der Waals surface area contributed by atoms with Crippen molar-refractivity contribution in [2.45, 2.75) is 51.3 Å². The molecule has 0 aliphatic carbocycles. The first-order chi connectivity index (χ1) is 13.3. The van der Waals surface area contributed by atoms with Crippen molar-refractivity contribution < 1.29 is 22.2 Å². The van der Waals surface area contributed by atoms with Crippen LogP contribution in [0.3, 0.4) is 0 Å². The predicted molar refractivity (Wildman–Crippen MR) is 110 cm³/mol. The van der Waals surface area contributed by atoms with Crippen molar-refractivity contribution >= 4 is 31.9 Å². The van der Waals surface area contributed by atoms with Crippen molar-refractivity contribution in [1.29, 1.82) is 0 Å². The van der Waals surface area contributed by atoms with Crippen LogP contribution in [0.25, 0.3) is 0 Å². The Kier molecular flexibility index (Phi) is 5.26. The Bertz CT molecular complexity index is 1120. The molecule has 11 heteroatoms. The third-order valence-corrected chi connectivity index (χ3v) is 7.69. The highest BCUT2D eigenvalue weighted by Crippen LogP contribution is 2.24. The molecule has 2 heterocycles. The summed E-state index contributed by atoms with van der Waals surface area (Å²) >= 11 is 0. The van der Waals surface area contributed by atoms with Crippen LogP contribution in [0, 0.1) is 6.92 Å². The maximum Gasteiger partial charge on any atom is 0.410 e. The number of benzene rings is 1. The van der Waals surface area contributed by atoms with E-state index in [-0.39, 0.29) is 18.0 Å². The van der Waals surface area contributed by atoms with E-state index in [9.17, 15) is 17.4 Å². The molecule has 0 saturated carbocycles. The molecule has 1 aromatic heterocycles. The fraction of sp³-hybridized carbons (Fsp3) is 0.389. The third kappa shape index (κ3) is 4.80. The van der Waals surface area contributed by atoms with Gasteiger partial charge in [-0.3, -0.25) is 4.90 Å². The summed E-state index contributed by atoms with van der Waals surface area (Å²) in [5, 5.41) is 4.19. The van der Waals surface area contributed by atoms with Crippen LogP contribution in [-0.2, 0) is 37.7 Å². The summed E-state index contributed by atoms with van der Waals surface area (Å²) in [5.41, 5.74) is 1.45. The summed E-state index contributed by atoms with van der Waals surface area (Å²) in [5.74, 6) is 3.52. The third-order valence-electron chi connectivity index (χ3n) is 4.08. The van der Waals surface area contributed by atoms with Crippen molar-refractivity contribution in [3.05, 3.63) is 47.3 Å². The number of carbonyl (C=O) groups excluding carboxylic acids is 1. The fourth-order valence-corrected chi connectivity index (χ4v) is 5.79. The van der Waals surface area contributed by atoms with Gasteiger partial charge in [-0.05, 0) is 45.7 Å². The molecule has 158 valence electrons. The van der Waals surface area contributed by atoms with Crippen LogP contribution in [0.5, 0.6) is 0 Å². The maximum atomic E-state index is 12.9. The van der Waals surface area contributed by atoms with Gasteiger partial charge < -0.3 is 4.74 Å². The van der Waals surface area contributed by atoms with Gasteiger partial charge in [-0.1, -0.05) is 17.7 Å².